The molecule has 0 amide bonds. The fraction of sp³-hybridized carbons (Fsp3) is 0.143. The van der Waals surface area contributed by atoms with Crippen LogP contribution in [0.3, 0.4) is 0 Å². The SMILES string of the molecule is c1ccc2c(c1)c1ccccc1n2-c1ccc(N(c2ccc(-n3c4ccccc4c4ccccc43)cc2)C2CCCCC2)cc1. The van der Waals surface area contributed by atoms with E-state index in [2.05, 4.69) is 160 Å². The molecule has 9 rings (SSSR count). The molecular weight excluding hydrogens is 546 g/mol. The minimum atomic E-state index is 0.497. The Morgan fingerprint density at radius 3 is 1.07 bits per heavy atom. The quantitative estimate of drug-likeness (QED) is 0.197. The molecule has 0 N–H and O–H groups in total. The zero-order valence-electron chi connectivity index (χ0n) is 25.3. The van der Waals surface area contributed by atoms with Gasteiger partial charge in [-0.15, -0.1) is 0 Å². The Bertz CT molecular complexity index is 2030. The number of para-hydroxylation sites is 4. The van der Waals surface area contributed by atoms with Crippen LogP contribution in [-0.2, 0) is 0 Å². The molecule has 6 aromatic carbocycles. The number of nitrogens with zero attached hydrogens (tertiary/aromatic N) is 3. The molecule has 0 atom stereocenters. The van der Waals surface area contributed by atoms with Gasteiger partial charge < -0.3 is 14.0 Å². The summed E-state index contributed by atoms with van der Waals surface area (Å²) in [5.41, 5.74) is 9.90. The van der Waals surface area contributed by atoms with E-state index in [9.17, 15) is 0 Å². The van der Waals surface area contributed by atoms with Crippen LogP contribution in [0.25, 0.3) is 55.0 Å². The molecule has 8 aromatic rings. The molecule has 45 heavy (non-hydrogen) atoms. The van der Waals surface area contributed by atoms with Gasteiger partial charge in [-0.1, -0.05) is 92.1 Å². The van der Waals surface area contributed by atoms with Gasteiger partial charge in [0.25, 0.3) is 0 Å². The van der Waals surface area contributed by atoms with Crippen LogP contribution < -0.4 is 4.90 Å². The molecule has 1 fully saturated rings. The first-order chi connectivity index (χ1) is 22.3. The summed E-state index contributed by atoms with van der Waals surface area (Å²) in [5.74, 6) is 0. The number of hydrogen-bond donors (Lipinski definition) is 0. The number of rotatable bonds is 5. The molecule has 218 valence electrons. The van der Waals surface area contributed by atoms with Crippen LogP contribution in [0.2, 0.25) is 0 Å². The predicted molar refractivity (Wildman–Crippen MR) is 191 cm³/mol. The summed E-state index contributed by atoms with van der Waals surface area (Å²) in [6, 6.07) is 54.0. The second-order valence-corrected chi connectivity index (χ2v) is 12.4. The summed E-state index contributed by atoms with van der Waals surface area (Å²) in [4.78, 5) is 2.60. The van der Waals surface area contributed by atoms with Crippen LogP contribution in [0.5, 0.6) is 0 Å². The number of fused-ring (bicyclic) bond motifs is 6. The first kappa shape index (κ1) is 26.2. The topological polar surface area (TPSA) is 13.1 Å². The zero-order valence-corrected chi connectivity index (χ0v) is 25.3. The standard InChI is InChI=1S/C42H35N3/c1-2-12-30(13-3-1)43(31-22-26-33(27-23-31)44-39-18-8-4-14-35(39)36-15-5-9-19-40(36)44)32-24-28-34(29-25-32)45-41-20-10-6-16-37(41)38-17-7-11-21-42(38)45/h4-11,14-30H,1-3,12-13H2. The van der Waals surface area contributed by atoms with Crippen molar-refractivity contribution in [3.8, 4) is 11.4 Å². The third-order valence-electron chi connectivity index (χ3n) is 9.87. The van der Waals surface area contributed by atoms with Crippen molar-refractivity contribution in [1.29, 1.82) is 0 Å². The maximum absolute atomic E-state index is 2.60. The molecule has 0 radical (unpaired) electrons. The monoisotopic (exact) mass is 581 g/mol. The molecule has 1 aliphatic rings. The van der Waals surface area contributed by atoms with E-state index in [0.29, 0.717) is 6.04 Å². The van der Waals surface area contributed by atoms with Gasteiger partial charge in [0.05, 0.1) is 22.1 Å². The van der Waals surface area contributed by atoms with Crippen molar-refractivity contribution < 1.29 is 0 Å². The largest absolute Gasteiger partial charge is 0.338 e. The van der Waals surface area contributed by atoms with Crippen LogP contribution in [0.15, 0.2) is 146 Å². The number of aromatic nitrogens is 2. The van der Waals surface area contributed by atoms with Gasteiger partial charge in [-0.2, -0.15) is 0 Å². The number of benzene rings is 6. The summed E-state index contributed by atoms with van der Waals surface area (Å²) < 4.78 is 4.81. The average Bonchev–Trinajstić information content (AvgIpc) is 3.63. The Morgan fingerprint density at radius 2 is 0.711 bits per heavy atom. The van der Waals surface area contributed by atoms with E-state index in [0.717, 1.165) is 0 Å². The molecule has 2 heterocycles. The van der Waals surface area contributed by atoms with Crippen LogP contribution in [-0.4, -0.2) is 15.2 Å². The molecule has 0 bridgehead atoms. The average molecular weight is 582 g/mol. The molecule has 3 heteroatoms. The zero-order chi connectivity index (χ0) is 29.7. The Morgan fingerprint density at radius 1 is 0.378 bits per heavy atom. The molecule has 1 aliphatic carbocycles. The fourth-order valence-corrected chi connectivity index (χ4v) is 7.84. The first-order valence-electron chi connectivity index (χ1n) is 16.3. The summed E-state index contributed by atoms with van der Waals surface area (Å²) >= 11 is 0. The van der Waals surface area contributed by atoms with Crippen molar-refractivity contribution in [1.82, 2.24) is 9.13 Å². The second kappa shape index (κ2) is 10.7. The summed E-state index contributed by atoms with van der Waals surface area (Å²) in [6.45, 7) is 0. The van der Waals surface area contributed by atoms with Gasteiger partial charge in [0.15, 0.2) is 0 Å². The highest BCUT2D eigenvalue weighted by Gasteiger charge is 2.24. The van der Waals surface area contributed by atoms with Crippen molar-refractivity contribution in [3.63, 3.8) is 0 Å². The minimum Gasteiger partial charge on any atom is -0.338 e. The lowest BCUT2D eigenvalue weighted by Gasteiger charge is -2.36. The van der Waals surface area contributed by atoms with Crippen molar-refractivity contribution in [3.05, 3.63) is 146 Å². The lowest BCUT2D eigenvalue weighted by Crippen LogP contribution is -2.32. The molecule has 1 saturated carbocycles. The van der Waals surface area contributed by atoms with Gasteiger partial charge in [-0.05, 0) is 85.6 Å². The van der Waals surface area contributed by atoms with Gasteiger partial charge >= 0.3 is 0 Å². The fourth-order valence-electron chi connectivity index (χ4n) is 7.84. The Hall–Kier alpha value is -5.28. The molecular formula is C42H35N3. The van der Waals surface area contributed by atoms with E-state index < -0.39 is 0 Å². The highest BCUT2D eigenvalue weighted by atomic mass is 15.2. The minimum absolute atomic E-state index is 0.497. The summed E-state index contributed by atoms with van der Waals surface area (Å²) in [7, 11) is 0. The molecule has 0 aliphatic heterocycles. The molecule has 3 nitrogen and oxygen atoms in total. The molecule has 0 saturated heterocycles. The maximum atomic E-state index is 2.60. The third-order valence-corrected chi connectivity index (χ3v) is 9.87. The van der Waals surface area contributed by atoms with Gasteiger partial charge in [-0.3, -0.25) is 0 Å². The van der Waals surface area contributed by atoms with E-state index in [1.54, 1.807) is 0 Å². The van der Waals surface area contributed by atoms with Gasteiger partial charge in [0.1, 0.15) is 0 Å². The van der Waals surface area contributed by atoms with E-state index in [1.165, 1.54) is 98.5 Å². The van der Waals surface area contributed by atoms with Crippen molar-refractivity contribution >= 4 is 55.0 Å². The number of hydrogen-bond acceptors (Lipinski definition) is 1. The van der Waals surface area contributed by atoms with Crippen molar-refractivity contribution in [2.45, 2.75) is 38.1 Å². The van der Waals surface area contributed by atoms with Gasteiger partial charge in [0.2, 0.25) is 0 Å². The smallest absolute Gasteiger partial charge is 0.0541 e. The summed E-state index contributed by atoms with van der Waals surface area (Å²) in [6.07, 6.45) is 6.37. The Labute approximate surface area is 263 Å². The molecule has 0 spiro atoms. The lowest BCUT2D eigenvalue weighted by molar-refractivity contribution is 0.436. The van der Waals surface area contributed by atoms with Crippen LogP contribution in [0, 0.1) is 0 Å². The predicted octanol–water partition coefficient (Wildman–Crippen LogP) is 11.4. The van der Waals surface area contributed by atoms with Crippen LogP contribution >= 0.6 is 0 Å². The highest BCUT2D eigenvalue weighted by Crippen LogP contribution is 2.38. The Balaban J connectivity index is 1.13. The Kier molecular flexibility index (Phi) is 6.22. The molecule has 0 unspecified atom stereocenters. The maximum Gasteiger partial charge on any atom is 0.0541 e. The number of anilines is 2. The summed E-state index contributed by atoms with van der Waals surface area (Å²) in [5, 5.41) is 5.18. The van der Waals surface area contributed by atoms with Gasteiger partial charge in [0, 0.05) is 50.3 Å². The second-order valence-electron chi connectivity index (χ2n) is 12.4. The highest BCUT2D eigenvalue weighted by molar-refractivity contribution is 6.10. The van der Waals surface area contributed by atoms with Crippen LogP contribution in [0.4, 0.5) is 11.4 Å². The van der Waals surface area contributed by atoms with Gasteiger partial charge in [-0.25, -0.2) is 0 Å². The van der Waals surface area contributed by atoms with Crippen molar-refractivity contribution in [2.75, 3.05) is 4.90 Å². The van der Waals surface area contributed by atoms with Crippen LogP contribution in [0.1, 0.15) is 32.1 Å². The van der Waals surface area contributed by atoms with Crippen molar-refractivity contribution in [2.24, 2.45) is 0 Å². The normalized spacial score (nSPS) is 14.1. The van der Waals surface area contributed by atoms with E-state index in [1.807, 2.05) is 0 Å². The molecule has 2 aromatic heterocycles. The third kappa shape index (κ3) is 4.26. The lowest BCUT2D eigenvalue weighted by atomic mass is 9.93. The van der Waals surface area contributed by atoms with E-state index >= 15 is 0 Å². The van der Waals surface area contributed by atoms with E-state index in [4.69, 9.17) is 0 Å². The van der Waals surface area contributed by atoms with E-state index in [-0.39, 0.29) is 0 Å². The first-order valence-corrected chi connectivity index (χ1v) is 16.3.